The minimum Gasteiger partial charge on any atom is -0.331 e. The number of carbonyl (C=O) groups excluding carboxylic acids is 1. The van der Waals surface area contributed by atoms with Gasteiger partial charge in [0.1, 0.15) is 11.5 Å². The SMILES string of the molecule is Cn1nc(-c2ccc(F)cc2)cc1C(=O)N(CCc1ccccc1)Cc1ccccn1. The molecule has 156 valence electrons. The maximum atomic E-state index is 13.5. The van der Waals surface area contributed by atoms with E-state index in [9.17, 15) is 9.18 Å². The van der Waals surface area contributed by atoms with Crippen LogP contribution in [0.2, 0.25) is 0 Å². The van der Waals surface area contributed by atoms with Gasteiger partial charge in [-0.05, 0) is 54.4 Å². The molecule has 31 heavy (non-hydrogen) atoms. The third kappa shape index (κ3) is 5.04. The number of hydrogen-bond acceptors (Lipinski definition) is 3. The van der Waals surface area contributed by atoms with Crippen LogP contribution >= 0.6 is 0 Å². The Bertz CT molecular complexity index is 1140. The summed E-state index contributed by atoms with van der Waals surface area (Å²) in [6, 6.07) is 23.6. The molecule has 2 aromatic heterocycles. The Labute approximate surface area is 180 Å². The highest BCUT2D eigenvalue weighted by atomic mass is 19.1. The van der Waals surface area contributed by atoms with E-state index in [1.165, 1.54) is 17.7 Å². The van der Waals surface area contributed by atoms with Crippen molar-refractivity contribution in [2.45, 2.75) is 13.0 Å². The first-order valence-corrected chi connectivity index (χ1v) is 10.1. The standard InChI is InChI=1S/C25H23FN4O/c1-29-24(17-23(28-29)20-10-12-21(26)13-11-20)25(31)30(18-22-9-5-6-15-27-22)16-14-19-7-3-2-4-8-19/h2-13,15,17H,14,16,18H2,1H3. The van der Waals surface area contributed by atoms with Gasteiger partial charge in [-0.1, -0.05) is 36.4 Å². The van der Waals surface area contributed by atoms with Gasteiger partial charge in [-0.3, -0.25) is 14.5 Å². The zero-order valence-corrected chi connectivity index (χ0v) is 17.3. The molecular formula is C25H23FN4O. The molecule has 0 unspecified atom stereocenters. The van der Waals surface area contributed by atoms with E-state index in [1.807, 2.05) is 36.4 Å². The van der Waals surface area contributed by atoms with Gasteiger partial charge in [0, 0.05) is 25.4 Å². The number of carbonyl (C=O) groups is 1. The Morgan fingerprint density at radius 3 is 2.45 bits per heavy atom. The van der Waals surface area contributed by atoms with Crippen LogP contribution in [-0.2, 0) is 20.0 Å². The van der Waals surface area contributed by atoms with Crippen molar-refractivity contribution >= 4 is 5.91 Å². The highest BCUT2D eigenvalue weighted by Crippen LogP contribution is 2.21. The van der Waals surface area contributed by atoms with Crippen molar-refractivity contribution in [2.75, 3.05) is 6.54 Å². The van der Waals surface area contributed by atoms with E-state index in [-0.39, 0.29) is 11.7 Å². The minimum absolute atomic E-state index is 0.120. The number of aromatic nitrogens is 3. The van der Waals surface area contributed by atoms with Crippen LogP contribution in [-0.4, -0.2) is 32.1 Å². The smallest absolute Gasteiger partial charge is 0.272 e. The third-order valence-electron chi connectivity index (χ3n) is 5.12. The summed E-state index contributed by atoms with van der Waals surface area (Å²) in [6.07, 6.45) is 2.47. The first-order chi connectivity index (χ1) is 15.1. The van der Waals surface area contributed by atoms with E-state index in [0.717, 1.165) is 17.7 Å². The minimum atomic E-state index is -0.307. The van der Waals surface area contributed by atoms with Gasteiger partial charge in [0.2, 0.25) is 0 Å². The second kappa shape index (κ2) is 9.34. The summed E-state index contributed by atoms with van der Waals surface area (Å²) in [7, 11) is 1.75. The van der Waals surface area contributed by atoms with Crippen molar-refractivity contribution < 1.29 is 9.18 Å². The van der Waals surface area contributed by atoms with Crippen LogP contribution in [0.5, 0.6) is 0 Å². The number of aryl methyl sites for hydroxylation is 1. The van der Waals surface area contributed by atoms with Crippen molar-refractivity contribution in [3.63, 3.8) is 0 Å². The molecule has 0 saturated heterocycles. The molecule has 4 rings (SSSR count). The van der Waals surface area contributed by atoms with Gasteiger partial charge in [0.15, 0.2) is 0 Å². The Kier molecular flexibility index (Phi) is 6.17. The number of amides is 1. The highest BCUT2D eigenvalue weighted by Gasteiger charge is 2.21. The van der Waals surface area contributed by atoms with Crippen molar-refractivity contribution in [1.29, 1.82) is 0 Å². The van der Waals surface area contributed by atoms with E-state index < -0.39 is 0 Å². The van der Waals surface area contributed by atoms with Gasteiger partial charge in [-0.25, -0.2) is 4.39 Å². The summed E-state index contributed by atoms with van der Waals surface area (Å²) in [4.78, 5) is 19.6. The monoisotopic (exact) mass is 414 g/mol. The molecule has 0 N–H and O–H groups in total. The topological polar surface area (TPSA) is 51.0 Å². The molecule has 0 spiro atoms. The summed E-state index contributed by atoms with van der Waals surface area (Å²) >= 11 is 0. The Hall–Kier alpha value is -3.80. The van der Waals surface area contributed by atoms with Gasteiger partial charge < -0.3 is 4.90 Å². The fourth-order valence-corrected chi connectivity index (χ4v) is 3.44. The number of pyridine rings is 1. The van der Waals surface area contributed by atoms with Crippen LogP contribution in [0.1, 0.15) is 21.7 Å². The molecule has 0 fully saturated rings. The van der Waals surface area contributed by atoms with Gasteiger partial charge in [-0.2, -0.15) is 5.10 Å². The molecule has 0 radical (unpaired) electrons. The summed E-state index contributed by atoms with van der Waals surface area (Å²) in [5, 5.41) is 4.47. The van der Waals surface area contributed by atoms with Crippen LogP contribution in [0, 0.1) is 5.82 Å². The molecule has 0 aliphatic heterocycles. The quantitative estimate of drug-likeness (QED) is 0.447. The molecule has 0 saturated carbocycles. The summed E-state index contributed by atoms with van der Waals surface area (Å²) in [5.74, 6) is -0.427. The second-order valence-corrected chi connectivity index (χ2v) is 7.33. The van der Waals surface area contributed by atoms with Gasteiger partial charge in [0.05, 0.1) is 17.9 Å². The normalized spacial score (nSPS) is 10.8. The van der Waals surface area contributed by atoms with Crippen molar-refractivity contribution in [3.8, 4) is 11.3 Å². The van der Waals surface area contributed by atoms with Crippen LogP contribution in [0.4, 0.5) is 4.39 Å². The molecular weight excluding hydrogens is 391 g/mol. The van der Waals surface area contributed by atoms with Crippen LogP contribution in [0.15, 0.2) is 85.1 Å². The maximum Gasteiger partial charge on any atom is 0.272 e. The molecule has 2 aromatic carbocycles. The Morgan fingerprint density at radius 2 is 1.74 bits per heavy atom. The largest absolute Gasteiger partial charge is 0.331 e. The van der Waals surface area contributed by atoms with Crippen LogP contribution in [0.25, 0.3) is 11.3 Å². The van der Waals surface area contributed by atoms with Crippen molar-refractivity contribution in [2.24, 2.45) is 7.05 Å². The molecule has 2 heterocycles. The average molecular weight is 414 g/mol. The first kappa shape index (κ1) is 20.5. The van der Waals surface area contributed by atoms with Crippen LogP contribution < -0.4 is 0 Å². The van der Waals surface area contributed by atoms with Crippen molar-refractivity contribution in [1.82, 2.24) is 19.7 Å². The number of rotatable bonds is 7. The van der Waals surface area contributed by atoms with E-state index in [0.29, 0.717) is 24.5 Å². The summed E-state index contributed by atoms with van der Waals surface area (Å²) in [6.45, 7) is 0.958. The number of halogens is 1. The van der Waals surface area contributed by atoms with E-state index in [1.54, 1.807) is 41.0 Å². The third-order valence-corrected chi connectivity index (χ3v) is 5.12. The molecule has 5 nitrogen and oxygen atoms in total. The lowest BCUT2D eigenvalue weighted by molar-refractivity contribution is 0.0732. The van der Waals surface area contributed by atoms with Crippen molar-refractivity contribution in [3.05, 3.63) is 108 Å². The number of benzene rings is 2. The summed E-state index contributed by atoms with van der Waals surface area (Å²) < 4.78 is 14.8. The second-order valence-electron chi connectivity index (χ2n) is 7.33. The van der Waals surface area contributed by atoms with Gasteiger partial charge >= 0.3 is 0 Å². The Balaban J connectivity index is 1.59. The predicted molar refractivity (Wildman–Crippen MR) is 118 cm³/mol. The van der Waals surface area contributed by atoms with E-state index in [2.05, 4.69) is 22.2 Å². The molecule has 1 amide bonds. The van der Waals surface area contributed by atoms with Gasteiger partial charge in [-0.15, -0.1) is 0 Å². The van der Waals surface area contributed by atoms with Gasteiger partial charge in [0.25, 0.3) is 5.91 Å². The zero-order valence-electron chi connectivity index (χ0n) is 17.3. The molecule has 0 bridgehead atoms. The lowest BCUT2D eigenvalue weighted by atomic mass is 10.1. The van der Waals surface area contributed by atoms with E-state index in [4.69, 9.17) is 0 Å². The molecule has 0 atom stereocenters. The highest BCUT2D eigenvalue weighted by molar-refractivity contribution is 5.93. The zero-order chi connectivity index (χ0) is 21.6. The Morgan fingerprint density at radius 1 is 1.00 bits per heavy atom. The fraction of sp³-hybridized carbons (Fsp3) is 0.160. The average Bonchev–Trinajstić information content (AvgIpc) is 3.19. The summed E-state index contributed by atoms with van der Waals surface area (Å²) in [5.41, 5.74) is 3.86. The number of nitrogens with zero attached hydrogens (tertiary/aromatic N) is 4. The predicted octanol–water partition coefficient (Wildman–Crippen LogP) is 4.51. The molecule has 4 aromatic rings. The fourth-order valence-electron chi connectivity index (χ4n) is 3.44. The molecule has 6 heteroatoms. The van der Waals surface area contributed by atoms with E-state index >= 15 is 0 Å². The first-order valence-electron chi connectivity index (χ1n) is 10.1. The molecule has 0 aliphatic rings. The van der Waals surface area contributed by atoms with Crippen LogP contribution in [0.3, 0.4) is 0 Å². The lowest BCUT2D eigenvalue weighted by Crippen LogP contribution is -2.34. The lowest BCUT2D eigenvalue weighted by Gasteiger charge is -2.22. The molecule has 0 aliphatic carbocycles. The maximum absolute atomic E-state index is 13.5. The number of hydrogen-bond donors (Lipinski definition) is 0.